The molecule has 0 N–H and O–H groups in total. The largest absolute Gasteiger partial charge is 0.261 e. The van der Waals surface area contributed by atoms with Crippen molar-refractivity contribution >= 4 is 0 Å². The van der Waals surface area contributed by atoms with Gasteiger partial charge < -0.3 is 0 Å². The van der Waals surface area contributed by atoms with Gasteiger partial charge in [-0.2, -0.15) is 0 Å². The van der Waals surface area contributed by atoms with Crippen LogP contribution in [0.25, 0.3) is 0 Å². The number of pyridine rings is 1. The zero-order chi connectivity index (χ0) is 10.9. The van der Waals surface area contributed by atoms with E-state index in [1.165, 1.54) is 11.1 Å². The van der Waals surface area contributed by atoms with Crippen molar-refractivity contribution in [2.75, 3.05) is 0 Å². The van der Waals surface area contributed by atoms with Gasteiger partial charge in [-0.25, -0.2) is 0 Å². The highest BCUT2D eigenvalue weighted by molar-refractivity contribution is 5.21. The van der Waals surface area contributed by atoms with Crippen LogP contribution >= 0.6 is 0 Å². The van der Waals surface area contributed by atoms with Gasteiger partial charge >= 0.3 is 0 Å². The molecule has 0 aromatic carbocycles. The molecular weight excluding hydrogens is 158 g/mol. The van der Waals surface area contributed by atoms with E-state index in [0.717, 1.165) is 5.69 Å². The van der Waals surface area contributed by atoms with Crippen molar-refractivity contribution in [3.8, 4) is 0 Å². The third-order valence-corrected chi connectivity index (χ3v) is 1.48. The topological polar surface area (TPSA) is 12.9 Å². The second kappa shape index (κ2) is 9.24. The van der Waals surface area contributed by atoms with Crippen LogP contribution in [0.4, 0.5) is 0 Å². The summed E-state index contributed by atoms with van der Waals surface area (Å²) in [6.45, 7) is 14.2. The first-order valence-corrected chi connectivity index (χ1v) is 5.10. The molecular formula is C12H23N. The lowest BCUT2D eigenvalue weighted by atomic mass is 10.2. The maximum absolute atomic E-state index is 4.18. The molecule has 0 atom stereocenters. The van der Waals surface area contributed by atoms with Crippen molar-refractivity contribution in [3.05, 3.63) is 29.1 Å². The van der Waals surface area contributed by atoms with Crippen LogP contribution in [0.2, 0.25) is 0 Å². The first-order chi connectivity index (χ1) is 6.20. The third-order valence-electron chi connectivity index (χ3n) is 1.48. The smallest absolute Gasteiger partial charge is 0.0401 e. The number of hydrogen-bond acceptors (Lipinski definition) is 1. The predicted molar refractivity (Wildman–Crippen MR) is 61.1 cm³/mol. The van der Waals surface area contributed by atoms with Crippen LogP contribution < -0.4 is 0 Å². The zero-order valence-electron chi connectivity index (χ0n) is 10.1. The standard InChI is InChI=1S/C8H11N.2C2H6/c1-6-4-7(2)8(3)9-5-6;2*1-2/h4-5H,1-3H3;2*1-2H3. The zero-order valence-corrected chi connectivity index (χ0v) is 10.1. The van der Waals surface area contributed by atoms with Crippen LogP contribution in [0.1, 0.15) is 44.5 Å². The van der Waals surface area contributed by atoms with E-state index >= 15 is 0 Å². The van der Waals surface area contributed by atoms with Crippen LogP contribution in [0, 0.1) is 20.8 Å². The minimum Gasteiger partial charge on any atom is -0.261 e. The van der Waals surface area contributed by atoms with Crippen LogP contribution in [0.5, 0.6) is 0 Å². The maximum atomic E-state index is 4.18. The van der Waals surface area contributed by atoms with Crippen molar-refractivity contribution in [2.45, 2.75) is 48.5 Å². The Bertz CT molecular complexity index is 216. The molecule has 0 unspecified atom stereocenters. The molecule has 0 aliphatic rings. The Hall–Kier alpha value is -0.850. The first kappa shape index (κ1) is 14.7. The van der Waals surface area contributed by atoms with E-state index in [0.29, 0.717) is 0 Å². The van der Waals surface area contributed by atoms with Gasteiger partial charge in [-0.3, -0.25) is 4.98 Å². The third kappa shape index (κ3) is 6.32. The molecule has 0 fully saturated rings. The molecule has 0 spiro atoms. The van der Waals surface area contributed by atoms with Crippen LogP contribution in [-0.4, -0.2) is 4.98 Å². The Labute approximate surface area is 83.2 Å². The van der Waals surface area contributed by atoms with Gasteiger partial charge in [0.05, 0.1) is 0 Å². The molecule has 13 heavy (non-hydrogen) atoms. The first-order valence-electron chi connectivity index (χ1n) is 5.10. The second-order valence-electron chi connectivity index (χ2n) is 2.41. The summed E-state index contributed by atoms with van der Waals surface area (Å²) in [6, 6.07) is 2.14. The SMILES string of the molecule is CC.CC.Cc1cnc(C)c(C)c1. The van der Waals surface area contributed by atoms with Gasteiger partial charge in [0.1, 0.15) is 0 Å². The fourth-order valence-corrected chi connectivity index (χ4v) is 0.784. The highest BCUT2D eigenvalue weighted by atomic mass is 14.7. The number of hydrogen-bond donors (Lipinski definition) is 0. The van der Waals surface area contributed by atoms with Crippen molar-refractivity contribution in [1.29, 1.82) is 0 Å². The Kier molecular flexibility index (Phi) is 10.4. The number of nitrogens with zero attached hydrogens (tertiary/aromatic N) is 1. The van der Waals surface area contributed by atoms with E-state index in [1.54, 1.807) is 0 Å². The molecule has 1 nitrogen and oxygen atoms in total. The average molecular weight is 181 g/mol. The minimum atomic E-state index is 1.13. The molecule has 1 aromatic heterocycles. The van der Waals surface area contributed by atoms with E-state index in [9.17, 15) is 0 Å². The van der Waals surface area contributed by atoms with Gasteiger partial charge in [-0.05, 0) is 31.9 Å². The molecule has 0 radical (unpaired) electrons. The van der Waals surface area contributed by atoms with E-state index in [1.807, 2.05) is 40.8 Å². The lowest BCUT2D eigenvalue weighted by molar-refractivity contribution is 1.12. The monoisotopic (exact) mass is 181 g/mol. The fraction of sp³-hybridized carbons (Fsp3) is 0.583. The van der Waals surface area contributed by atoms with Gasteiger partial charge in [-0.15, -0.1) is 0 Å². The summed E-state index contributed by atoms with van der Waals surface area (Å²) in [5.41, 5.74) is 3.63. The second-order valence-corrected chi connectivity index (χ2v) is 2.41. The summed E-state index contributed by atoms with van der Waals surface area (Å²) in [6.07, 6.45) is 1.89. The number of rotatable bonds is 0. The van der Waals surface area contributed by atoms with E-state index in [2.05, 4.69) is 24.9 Å². The van der Waals surface area contributed by atoms with Gasteiger partial charge in [0, 0.05) is 11.9 Å². The summed E-state index contributed by atoms with van der Waals surface area (Å²) in [5, 5.41) is 0. The van der Waals surface area contributed by atoms with Crippen LogP contribution in [0.3, 0.4) is 0 Å². The summed E-state index contributed by atoms with van der Waals surface area (Å²) >= 11 is 0. The molecule has 1 aromatic rings. The molecule has 0 saturated heterocycles. The maximum Gasteiger partial charge on any atom is 0.0401 e. The molecule has 0 aliphatic carbocycles. The normalized spacial score (nSPS) is 7.62. The van der Waals surface area contributed by atoms with Crippen molar-refractivity contribution in [3.63, 3.8) is 0 Å². The Morgan fingerprint density at radius 3 is 1.69 bits per heavy atom. The Morgan fingerprint density at radius 1 is 0.923 bits per heavy atom. The summed E-state index contributed by atoms with van der Waals surface area (Å²) < 4.78 is 0. The summed E-state index contributed by atoms with van der Waals surface area (Å²) in [5.74, 6) is 0. The Balaban J connectivity index is 0. The predicted octanol–water partition coefficient (Wildman–Crippen LogP) is 4.06. The molecule has 1 rings (SSSR count). The van der Waals surface area contributed by atoms with E-state index in [-0.39, 0.29) is 0 Å². The molecule has 0 saturated carbocycles. The Morgan fingerprint density at radius 2 is 1.38 bits per heavy atom. The number of aromatic nitrogens is 1. The molecule has 0 aliphatic heterocycles. The van der Waals surface area contributed by atoms with Crippen LogP contribution in [-0.2, 0) is 0 Å². The molecule has 0 bridgehead atoms. The van der Waals surface area contributed by atoms with Crippen molar-refractivity contribution < 1.29 is 0 Å². The average Bonchev–Trinajstić information content (AvgIpc) is 2.18. The van der Waals surface area contributed by atoms with Gasteiger partial charge in [0.15, 0.2) is 0 Å². The van der Waals surface area contributed by atoms with Gasteiger partial charge in [0.25, 0.3) is 0 Å². The molecule has 1 heteroatoms. The summed E-state index contributed by atoms with van der Waals surface area (Å²) in [7, 11) is 0. The van der Waals surface area contributed by atoms with Crippen molar-refractivity contribution in [2.24, 2.45) is 0 Å². The highest BCUT2D eigenvalue weighted by Gasteiger charge is 1.90. The molecule has 76 valence electrons. The van der Waals surface area contributed by atoms with Crippen LogP contribution in [0.15, 0.2) is 12.3 Å². The lowest BCUT2D eigenvalue weighted by Gasteiger charge is -1.97. The van der Waals surface area contributed by atoms with Gasteiger partial charge in [-0.1, -0.05) is 33.8 Å². The fourth-order valence-electron chi connectivity index (χ4n) is 0.784. The van der Waals surface area contributed by atoms with E-state index < -0.39 is 0 Å². The van der Waals surface area contributed by atoms with Crippen molar-refractivity contribution in [1.82, 2.24) is 4.98 Å². The van der Waals surface area contributed by atoms with Gasteiger partial charge in [0.2, 0.25) is 0 Å². The quantitative estimate of drug-likeness (QED) is 0.588. The summed E-state index contributed by atoms with van der Waals surface area (Å²) in [4.78, 5) is 4.18. The molecule has 0 amide bonds. The number of aryl methyl sites for hydroxylation is 3. The minimum absolute atomic E-state index is 1.13. The highest BCUT2D eigenvalue weighted by Crippen LogP contribution is 2.03. The lowest BCUT2D eigenvalue weighted by Crippen LogP contribution is -1.85. The molecule has 1 heterocycles. The van der Waals surface area contributed by atoms with E-state index in [4.69, 9.17) is 0 Å².